The van der Waals surface area contributed by atoms with Gasteiger partial charge in [-0.3, -0.25) is 4.79 Å². The Bertz CT molecular complexity index is 678. The summed E-state index contributed by atoms with van der Waals surface area (Å²) in [6, 6.07) is 8.09. The van der Waals surface area contributed by atoms with Gasteiger partial charge in [0.15, 0.2) is 0 Å². The summed E-state index contributed by atoms with van der Waals surface area (Å²) in [5, 5.41) is 8.72. The van der Waals surface area contributed by atoms with Gasteiger partial charge in [-0.15, -0.1) is 0 Å². The molecule has 0 atom stereocenters. The third-order valence-corrected chi connectivity index (χ3v) is 2.83. The van der Waals surface area contributed by atoms with Crippen LogP contribution in [0.5, 0.6) is 0 Å². The lowest BCUT2D eigenvalue weighted by Crippen LogP contribution is -2.08. The molecule has 0 fully saturated rings. The van der Waals surface area contributed by atoms with Crippen LogP contribution in [-0.4, -0.2) is 11.1 Å². The Kier molecular flexibility index (Phi) is 3.97. The first kappa shape index (κ1) is 15.0. The van der Waals surface area contributed by atoms with Crippen LogP contribution < -0.4 is 0 Å². The third-order valence-electron chi connectivity index (χ3n) is 2.83. The summed E-state index contributed by atoms with van der Waals surface area (Å²) in [5.74, 6) is -1.82. The molecule has 0 heterocycles. The number of hydrogen-bond donors (Lipinski definition) is 1. The molecular weight excluding hydrogens is 288 g/mol. The number of rotatable bonds is 3. The molecule has 21 heavy (non-hydrogen) atoms. The fraction of sp³-hybridized carbons (Fsp3) is 0.133. The molecule has 2 nitrogen and oxygen atoms in total. The first-order chi connectivity index (χ1) is 9.75. The Labute approximate surface area is 117 Å². The van der Waals surface area contributed by atoms with E-state index in [-0.39, 0.29) is 16.7 Å². The molecule has 0 unspecified atom stereocenters. The number of carboxylic acid groups (broad SMARTS) is 1. The minimum atomic E-state index is -4.60. The monoisotopic (exact) mass is 298 g/mol. The lowest BCUT2D eigenvalue weighted by atomic mass is 9.98. The topological polar surface area (TPSA) is 37.3 Å². The predicted octanol–water partition coefficient (Wildman–Crippen LogP) is 4.14. The van der Waals surface area contributed by atoms with Gasteiger partial charge in [0.05, 0.1) is 12.0 Å². The van der Waals surface area contributed by atoms with Gasteiger partial charge in [-0.05, 0) is 41.0 Å². The zero-order chi connectivity index (χ0) is 15.6. The van der Waals surface area contributed by atoms with Gasteiger partial charge in [0.25, 0.3) is 0 Å². The van der Waals surface area contributed by atoms with Crippen LogP contribution >= 0.6 is 0 Å². The standard InChI is InChI=1S/C15H10F4O2/c16-13-3-1-2-10(8-13)11-4-9(6-14(20)21)5-12(7-11)15(17,18)19/h1-5,7-8H,6H2,(H,20,21). The largest absolute Gasteiger partial charge is 0.481 e. The smallest absolute Gasteiger partial charge is 0.416 e. The lowest BCUT2D eigenvalue weighted by Gasteiger charge is -2.12. The number of hydrogen-bond acceptors (Lipinski definition) is 1. The van der Waals surface area contributed by atoms with Crippen molar-refractivity contribution in [1.82, 2.24) is 0 Å². The number of alkyl halides is 3. The highest BCUT2D eigenvalue weighted by Crippen LogP contribution is 2.33. The van der Waals surface area contributed by atoms with E-state index in [1.807, 2.05) is 0 Å². The molecule has 0 radical (unpaired) electrons. The van der Waals surface area contributed by atoms with Crippen LogP contribution in [0, 0.1) is 5.82 Å². The number of carbonyl (C=O) groups is 1. The molecule has 0 aliphatic rings. The maximum absolute atomic E-state index is 13.2. The van der Waals surface area contributed by atoms with Crippen molar-refractivity contribution < 1.29 is 27.5 Å². The van der Waals surface area contributed by atoms with E-state index in [0.29, 0.717) is 0 Å². The van der Waals surface area contributed by atoms with Gasteiger partial charge in [0.1, 0.15) is 5.82 Å². The zero-order valence-corrected chi connectivity index (χ0v) is 10.6. The van der Waals surface area contributed by atoms with Gasteiger partial charge in [0, 0.05) is 0 Å². The van der Waals surface area contributed by atoms with Crippen molar-refractivity contribution in [1.29, 1.82) is 0 Å². The van der Waals surface area contributed by atoms with E-state index in [1.54, 1.807) is 0 Å². The van der Waals surface area contributed by atoms with Crippen molar-refractivity contribution in [2.45, 2.75) is 12.6 Å². The third kappa shape index (κ3) is 3.81. The number of aliphatic carboxylic acids is 1. The molecule has 0 aliphatic heterocycles. The van der Waals surface area contributed by atoms with E-state index in [1.165, 1.54) is 24.3 Å². The molecule has 0 amide bonds. The van der Waals surface area contributed by atoms with E-state index < -0.39 is 29.9 Å². The van der Waals surface area contributed by atoms with Crippen molar-refractivity contribution >= 4 is 5.97 Å². The maximum atomic E-state index is 13.2. The highest BCUT2D eigenvalue weighted by atomic mass is 19.4. The van der Waals surface area contributed by atoms with Gasteiger partial charge in [-0.25, -0.2) is 4.39 Å². The molecule has 0 spiro atoms. The summed E-state index contributed by atoms with van der Waals surface area (Å²) in [6.07, 6.45) is -5.14. The zero-order valence-electron chi connectivity index (χ0n) is 10.6. The van der Waals surface area contributed by atoms with Crippen LogP contribution in [0.1, 0.15) is 11.1 Å². The summed E-state index contributed by atoms with van der Waals surface area (Å²) in [5.41, 5.74) is -0.564. The van der Waals surface area contributed by atoms with Crippen molar-refractivity contribution in [3.63, 3.8) is 0 Å². The van der Waals surface area contributed by atoms with Crippen LogP contribution in [0.3, 0.4) is 0 Å². The highest BCUT2D eigenvalue weighted by Gasteiger charge is 2.31. The lowest BCUT2D eigenvalue weighted by molar-refractivity contribution is -0.138. The predicted molar refractivity (Wildman–Crippen MR) is 68.2 cm³/mol. The van der Waals surface area contributed by atoms with Crippen LogP contribution in [0.4, 0.5) is 17.6 Å². The van der Waals surface area contributed by atoms with Crippen LogP contribution in [0.2, 0.25) is 0 Å². The van der Waals surface area contributed by atoms with Gasteiger partial charge in [-0.1, -0.05) is 18.2 Å². The number of carboxylic acids is 1. The maximum Gasteiger partial charge on any atom is 0.416 e. The van der Waals surface area contributed by atoms with Gasteiger partial charge in [-0.2, -0.15) is 13.2 Å². The summed E-state index contributed by atoms with van der Waals surface area (Å²) in [4.78, 5) is 10.7. The van der Waals surface area contributed by atoms with Crippen LogP contribution in [0.25, 0.3) is 11.1 Å². The first-order valence-electron chi connectivity index (χ1n) is 5.94. The van der Waals surface area contributed by atoms with E-state index in [4.69, 9.17) is 5.11 Å². The molecule has 2 aromatic rings. The van der Waals surface area contributed by atoms with Crippen molar-refractivity contribution in [3.05, 3.63) is 59.4 Å². The second-order valence-corrected chi connectivity index (χ2v) is 4.50. The molecule has 1 N–H and O–H groups in total. The molecule has 110 valence electrons. The van der Waals surface area contributed by atoms with Crippen LogP contribution in [0.15, 0.2) is 42.5 Å². The molecule has 2 rings (SSSR count). The van der Waals surface area contributed by atoms with Gasteiger partial charge >= 0.3 is 12.1 Å². The normalized spacial score (nSPS) is 11.4. The second-order valence-electron chi connectivity index (χ2n) is 4.50. The fourth-order valence-corrected chi connectivity index (χ4v) is 1.97. The highest BCUT2D eigenvalue weighted by molar-refractivity contribution is 5.72. The Hall–Kier alpha value is -2.37. The van der Waals surface area contributed by atoms with E-state index in [0.717, 1.165) is 18.2 Å². The Morgan fingerprint density at radius 3 is 2.33 bits per heavy atom. The minimum absolute atomic E-state index is 0.0107. The van der Waals surface area contributed by atoms with E-state index in [2.05, 4.69) is 0 Å². The molecule has 6 heteroatoms. The molecular formula is C15H10F4O2. The van der Waals surface area contributed by atoms with Gasteiger partial charge in [0.2, 0.25) is 0 Å². The summed E-state index contributed by atoms with van der Waals surface area (Å²) in [6.45, 7) is 0. The average molecular weight is 298 g/mol. The van der Waals surface area contributed by atoms with Crippen molar-refractivity contribution in [3.8, 4) is 11.1 Å². The molecule has 0 aliphatic carbocycles. The summed E-state index contributed by atoms with van der Waals surface area (Å²) < 4.78 is 51.8. The summed E-state index contributed by atoms with van der Waals surface area (Å²) in [7, 11) is 0. The number of benzene rings is 2. The summed E-state index contributed by atoms with van der Waals surface area (Å²) >= 11 is 0. The Morgan fingerprint density at radius 2 is 1.76 bits per heavy atom. The molecule has 2 aromatic carbocycles. The van der Waals surface area contributed by atoms with Crippen molar-refractivity contribution in [2.24, 2.45) is 0 Å². The Morgan fingerprint density at radius 1 is 1.05 bits per heavy atom. The van der Waals surface area contributed by atoms with E-state index in [9.17, 15) is 22.4 Å². The quantitative estimate of drug-likeness (QED) is 0.865. The molecule has 0 bridgehead atoms. The SMILES string of the molecule is O=C(O)Cc1cc(-c2cccc(F)c2)cc(C(F)(F)F)c1. The number of halogens is 4. The van der Waals surface area contributed by atoms with Crippen molar-refractivity contribution in [2.75, 3.05) is 0 Å². The minimum Gasteiger partial charge on any atom is -0.481 e. The second kappa shape index (κ2) is 5.55. The van der Waals surface area contributed by atoms with Crippen LogP contribution in [-0.2, 0) is 17.4 Å². The molecule has 0 saturated heterocycles. The Balaban J connectivity index is 2.57. The molecule has 0 aromatic heterocycles. The van der Waals surface area contributed by atoms with Gasteiger partial charge < -0.3 is 5.11 Å². The average Bonchev–Trinajstić information content (AvgIpc) is 2.36. The fourth-order valence-electron chi connectivity index (χ4n) is 1.97. The first-order valence-corrected chi connectivity index (χ1v) is 5.94. The van der Waals surface area contributed by atoms with E-state index >= 15 is 0 Å². The molecule has 0 saturated carbocycles.